The Bertz CT molecular complexity index is 547. The van der Waals surface area contributed by atoms with E-state index in [1.165, 1.54) is 0 Å². The molecule has 0 unspecified atom stereocenters. The van der Waals surface area contributed by atoms with Crippen molar-refractivity contribution in [2.75, 3.05) is 13.2 Å². The summed E-state index contributed by atoms with van der Waals surface area (Å²) in [5, 5.41) is -0.0118. The third-order valence-electron chi connectivity index (χ3n) is 4.00. The second-order valence-electron chi connectivity index (χ2n) is 8.24. The molecule has 9 heteroatoms. The molecule has 1 saturated heterocycles. The smallest absolute Gasteiger partial charge is 0.426 e. The first-order valence-electron chi connectivity index (χ1n) is 7.62. The quantitative estimate of drug-likeness (QED) is 0.713. The maximum atomic E-state index is 12.2. The van der Waals surface area contributed by atoms with Gasteiger partial charge < -0.3 is 9.16 Å². The normalized spacial score (nSPS) is 22.3. The number of rotatable bonds is 3. The van der Waals surface area contributed by atoms with Crippen molar-refractivity contribution in [3.05, 3.63) is 0 Å². The molecule has 1 rings (SSSR count). The highest BCUT2D eigenvalue weighted by Gasteiger charge is 2.46. The van der Waals surface area contributed by atoms with Gasteiger partial charge >= 0.3 is 16.4 Å². The zero-order chi connectivity index (χ0) is 18.3. The number of amides is 1. The maximum absolute atomic E-state index is 12.2. The van der Waals surface area contributed by atoms with Crippen LogP contribution >= 0.6 is 0 Å². The summed E-state index contributed by atoms with van der Waals surface area (Å²) in [6.45, 7) is 15.4. The fraction of sp³-hybridized carbons (Fsp3) is 0.929. The Morgan fingerprint density at radius 2 is 1.74 bits per heavy atom. The van der Waals surface area contributed by atoms with Gasteiger partial charge in [0.2, 0.25) is 0 Å². The zero-order valence-corrected chi connectivity index (χ0v) is 17.1. The van der Waals surface area contributed by atoms with Crippen molar-refractivity contribution >= 4 is 24.7 Å². The van der Waals surface area contributed by atoms with Gasteiger partial charge in [0.25, 0.3) is 0 Å². The molecule has 1 amide bonds. The molecule has 1 aliphatic heterocycles. The molecule has 0 bridgehead atoms. The van der Waals surface area contributed by atoms with Gasteiger partial charge in [0.05, 0.1) is 13.2 Å². The van der Waals surface area contributed by atoms with Crippen LogP contribution in [0.4, 0.5) is 4.79 Å². The van der Waals surface area contributed by atoms with Crippen molar-refractivity contribution in [2.24, 2.45) is 0 Å². The lowest BCUT2D eigenvalue weighted by Gasteiger charge is -2.37. The summed E-state index contributed by atoms with van der Waals surface area (Å²) in [5.41, 5.74) is -0.792. The SMILES string of the molecule is CC(C)(C)OC(=O)N1[C@@H](CO[Si](C)(C)C(C)(C)C)COS1(=O)=O. The van der Waals surface area contributed by atoms with E-state index in [1.807, 2.05) is 0 Å². The molecule has 0 aromatic carbocycles. The van der Waals surface area contributed by atoms with Gasteiger partial charge in [-0.25, -0.2) is 4.79 Å². The standard InChI is InChI=1S/C14H29NO6SSi/c1-13(2,3)21-12(16)15-11(9-19-22(15,17)18)10-20-23(7,8)14(4,5)6/h11H,9-10H2,1-8H3/t11-/m1/s1. The highest BCUT2D eigenvalue weighted by Crippen LogP contribution is 2.37. The number of hydrogen-bond acceptors (Lipinski definition) is 6. The second kappa shape index (κ2) is 6.34. The monoisotopic (exact) mass is 367 g/mol. The van der Waals surface area contributed by atoms with Crippen molar-refractivity contribution < 1.29 is 26.6 Å². The first-order chi connectivity index (χ1) is 10.1. The first-order valence-corrected chi connectivity index (χ1v) is 11.9. The van der Waals surface area contributed by atoms with E-state index >= 15 is 0 Å². The minimum absolute atomic E-state index is 0.0118. The van der Waals surface area contributed by atoms with Crippen LogP contribution in [0.5, 0.6) is 0 Å². The molecule has 0 aromatic heterocycles. The Kier molecular flexibility index (Phi) is 5.63. The fourth-order valence-corrected chi connectivity index (χ4v) is 3.85. The van der Waals surface area contributed by atoms with E-state index in [4.69, 9.17) is 13.3 Å². The summed E-state index contributed by atoms with van der Waals surface area (Å²) in [6, 6.07) is -0.705. The lowest BCUT2D eigenvalue weighted by Crippen LogP contribution is -2.48. The van der Waals surface area contributed by atoms with Crippen molar-refractivity contribution in [1.82, 2.24) is 4.31 Å². The van der Waals surface area contributed by atoms with Crippen molar-refractivity contribution in [1.29, 1.82) is 0 Å². The van der Waals surface area contributed by atoms with Gasteiger partial charge in [-0.2, -0.15) is 12.7 Å². The predicted octanol–water partition coefficient (Wildman–Crippen LogP) is 2.89. The van der Waals surface area contributed by atoms with E-state index < -0.39 is 36.4 Å². The highest BCUT2D eigenvalue weighted by atomic mass is 32.2. The van der Waals surface area contributed by atoms with E-state index in [1.54, 1.807) is 20.8 Å². The Balaban J connectivity index is 2.88. The van der Waals surface area contributed by atoms with Crippen LogP contribution in [0.3, 0.4) is 0 Å². The molecular weight excluding hydrogens is 338 g/mol. The van der Waals surface area contributed by atoms with Gasteiger partial charge in [-0.05, 0) is 38.9 Å². The van der Waals surface area contributed by atoms with Gasteiger partial charge in [-0.1, -0.05) is 20.8 Å². The largest absolute Gasteiger partial charge is 0.443 e. The molecule has 0 aliphatic carbocycles. The molecule has 1 fully saturated rings. The number of hydrogen-bond donors (Lipinski definition) is 0. The Morgan fingerprint density at radius 1 is 1.22 bits per heavy atom. The van der Waals surface area contributed by atoms with E-state index in [0.717, 1.165) is 0 Å². The predicted molar refractivity (Wildman–Crippen MR) is 89.9 cm³/mol. The summed E-state index contributed by atoms with van der Waals surface area (Å²) >= 11 is 0. The van der Waals surface area contributed by atoms with Gasteiger partial charge in [-0.3, -0.25) is 4.18 Å². The summed E-state index contributed by atoms with van der Waals surface area (Å²) in [4.78, 5) is 12.2. The molecule has 0 N–H and O–H groups in total. The number of ether oxygens (including phenoxy) is 1. The van der Waals surface area contributed by atoms with Crippen LogP contribution in [0.15, 0.2) is 0 Å². The average Bonchev–Trinajstić information content (AvgIpc) is 2.58. The third-order valence-corrected chi connectivity index (χ3v) is 9.86. The molecule has 23 heavy (non-hydrogen) atoms. The molecule has 0 radical (unpaired) electrons. The van der Waals surface area contributed by atoms with Crippen LogP contribution in [0.1, 0.15) is 41.5 Å². The summed E-state index contributed by atoms with van der Waals surface area (Å²) in [6.07, 6.45) is -0.932. The highest BCUT2D eigenvalue weighted by molar-refractivity contribution is 7.85. The third kappa shape index (κ3) is 5.17. The van der Waals surface area contributed by atoms with Gasteiger partial charge in [0, 0.05) is 0 Å². The molecule has 0 spiro atoms. The molecule has 1 heterocycles. The molecule has 0 aromatic rings. The van der Waals surface area contributed by atoms with E-state index in [9.17, 15) is 13.2 Å². The number of nitrogens with zero attached hydrogens (tertiary/aromatic N) is 1. The van der Waals surface area contributed by atoms with Crippen molar-refractivity contribution in [3.63, 3.8) is 0 Å². The average molecular weight is 368 g/mol. The molecule has 7 nitrogen and oxygen atoms in total. The molecule has 0 saturated carbocycles. The summed E-state index contributed by atoms with van der Waals surface area (Å²) in [7, 11) is -6.18. The fourth-order valence-electron chi connectivity index (χ4n) is 1.66. The summed E-state index contributed by atoms with van der Waals surface area (Å²) in [5.74, 6) is 0. The molecule has 1 aliphatic rings. The minimum atomic E-state index is -4.12. The van der Waals surface area contributed by atoms with Gasteiger partial charge in [0.1, 0.15) is 11.6 Å². The van der Waals surface area contributed by atoms with Crippen LogP contribution in [-0.2, 0) is 23.7 Å². The Hall–Kier alpha value is -0.643. The summed E-state index contributed by atoms with van der Waals surface area (Å²) < 4.78 is 40.6. The second-order valence-corrected chi connectivity index (χ2v) is 14.5. The Morgan fingerprint density at radius 3 is 2.17 bits per heavy atom. The van der Waals surface area contributed by atoms with Gasteiger partial charge in [-0.15, -0.1) is 0 Å². The molecule has 1 atom stereocenters. The first kappa shape index (κ1) is 20.4. The lowest BCUT2D eigenvalue weighted by atomic mass is 10.2. The van der Waals surface area contributed by atoms with E-state index in [0.29, 0.717) is 4.31 Å². The van der Waals surface area contributed by atoms with Crippen LogP contribution in [0, 0.1) is 0 Å². The topological polar surface area (TPSA) is 82.1 Å². The van der Waals surface area contributed by atoms with Crippen molar-refractivity contribution in [3.8, 4) is 0 Å². The van der Waals surface area contributed by atoms with Crippen LogP contribution in [0.25, 0.3) is 0 Å². The van der Waals surface area contributed by atoms with E-state index in [2.05, 4.69) is 33.9 Å². The van der Waals surface area contributed by atoms with E-state index in [-0.39, 0.29) is 18.3 Å². The van der Waals surface area contributed by atoms with Crippen LogP contribution in [0.2, 0.25) is 18.1 Å². The number of carbonyl (C=O) groups is 1. The minimum Gasteiger partial charge on any atom is -0.443 e. The van der Waals surface area contributed by atoms with Crippen molar-refractivity contribution in [2.45, 2.75) is 71.3 Å². The zero-order valence-electron chi connectivity index (χ0n) is 15.3. The van der Waals surface area contributed by atoms with Crippen LogP contribution < -0.4 is 0 Å². The van der Waals surface area contributed by atoms with Gasteiger partial charge in [0.15, 0.2) is 8.32 Å². The number of carbonyl (C=O) groups excluding carboxylic acids is 1. The lowest BCUT2D eigenvalue weighted by molar-refractivity contribution is 0.0323. The molecular formula is C14H29NO6SSi. The molecule has 136 valence electrons. The maximum Gasteiger partial charge on any atom is 0.426 e. The Labute approximate surface area is 140 Å². The van der Waals surface area contributed by atoms with Crippen LogP contribution in [-0.4, -0.2) is 52.0 Å².